The Hall–Kier alpha value is -2.05. The maximum absolute atomic E-state index is 12.9. The molecule has 6 atom stereocenters. The van der Waals surface area contributed by atoms with Crippen molar-refractivity contribution < 1.29 is 24.5 Å². The number of nitrogens with zero attached hydrogens (tertiary/aromatic N) is 1. The molecule has 2 spiro atoms. The van der Waals surface area contributed by atoms with Crippen LogP contribution in [0.1, 0.15) is 30.9 Å². The SMILES string of the molecule is CCOC(=O)[C@@H]1C[C@@]23C=C[C@]1(O)[C@H]1Oc4c(O)ccc5c4[C@@]12CCN(C)[C@@H]3C5. The van der Waals surface area contributed by atoms with Gasteiger partial charge in [0.05, 0.1) is 17.9 Å². The number of phenolic OH excluding ortho intramolecular Hbond substituents is 1. The lowest BCUT2D eigenvalue weighted by Gasteiger charge is -2.70. The summed E-state index contributed by atoms with van der Waals surface area (Å²) < 4.78 is 11.7. The topological polar surface area (TPSA) is 79.2 Å². The van der Waals surface area contributed by atoms with Crippen LogP contribution in [0.15, 0.2) is 24.3 Å². The number of likely N-dealkylation sites (tertiary alicyclic amines) is 1. The summed E-state index contributed by atoms with van der Waals surface area (Å²) in [6.07, 6.45) is 5.58. The van der Waals surface area contributed by atoms with Crippen molar-refractivity contribution in [3.05, 3.63) is 35.4 Å². The normalized spacial score (nSPS) is 44.2. The van der Waals surface area contributed by atoms with E-state index in [1.165, 1.54) is 5.56 Å². The van der Waals surface area contributed by atoms with Crippen molar-refractivity contribution in [3.8, 4) is 11.5 Å². The number of carbonyl (C=O) groups excluding carboxylic acids is 1. The molecule has 2 heterocycles. The van der Waals surface area contributed by atoms with E-state index in [-0.39, 0.29) is 29.8 Å². The number of likely N-dealkylation sites (N-methyl/N-ethyl adjacent to an activating group) is 1. The van der Waals surface area contributed by atoms with Crippen LogP contribution in [0.4, 0.5) is 0 Å². The highest BCUT2D eigenvalue weighted by Gasteiger charge is 2.79. The van der Waals surface area contributed by atoms with Gasteiger partial charge in [-0.1, -0.05) is 18.2 Å². The molecular formula is C22H25NO5. The lowest BCUT2D eigenvalue weighted by molar-refractivity contribution is -0.213. The van der Waals surface area contributed by atoms with Gasteiger partial charge in [0.2, 0.25) is 0 Å². The summed E-state index contributed by atoms with van der Waals surface area (Å²) in [4.78, 5) is 15.2. The number of benzene rings is 1. The van der Waals surface area contributed by atoms with Gasteiger partial charge in [-0.15, -0.1) is 0 Å². The van der Waals surface area contributed by atoms with Crippen LogP contribution in [0, 0.1) is 11.3 Å². The van der Waals surface area contributed by atoms with Gasteiger partial charge in [0.25, 0.3) is 0 Å². The van der Waals surface area contributed by atoms with Gasteiger partial charge < -0.3 is 24.6 Å². The standard InChI is InChI=1S/C22H25NO5/c1-3-27-18(25)13-11-20-6-7-22(13,26)19-21(20)8-9-23(2)15(20)10-12-4-5-14(24)17(28-19)16(12)21/h4-7,13,15,19,24,26H,3,8-11H2,1-2H3/t13-,15+,19-,20+,21-,22+/m0/s1. The molecule has 1 aromatic carbocycles. The van der Waals surface area contributed by atoms with Crippen LogP contribution in [0.5, 0.6) is 11.5 Å². The molecule has 2 fully saturated rings. The third-order valence-corrected chi connectivity index (χ3v) is 8.32. The Morgan fingerprint density at radius 3 is 3.00 bits per heavy atom. The fourth-order valence-electron chi connectivity index (χ4n) is 7.27. The first-order valence-electron chi connectivity index (χ1n) is 10.2. The zero-order valence-corrected chi connectivity index (χ0v) is 16.1. The van der Waals surface area contributed by atoms with Gasteiger partial charge in [-0.25, -0.2) is 0 Å². The monoisotopic (exact) mass is 383 g/mol. The molecule has 4 bridgehead atoms. The van der Waals surface area contributed by atoms with Crippen LogP contribution in [0.25, 0.3) is 0 Å². The van der Waals surface area contributed by atoms with E-state index in [1.54, 1.807) is 19.1 Å². The fraction of sp³-hybridized carbons (Fsp3) is 0.591. The van der Waals surface area contributed by atoms with Gasteiger partial charge in [-0.3, -0.25) is 4.79 Å². The summed E-state index contributed by atoms with van der Waals surface area (Å²) >= 11 is 0. The zero-order chi connectivity index (χ0) is 19.5. The number of carbonyl (C=O) groups is 1. The average Bonchev–Trinajstić information content (AvgIpc) is 3.04. The smallest absolute Gasteiger partial charge is 0.312 e. The van der Waals surface area contributed by atoms with Crippen molar-refractivity contribution in [1.29, 1.82) is 0 Å². The summed E-state index contributed by atoms with van der Waals surface area (Å²) in [7, 11) is 2.14. The van der Waals surface area contributed by atoms with E-state index >= 15 is 0 Å². The van der Waals surface area contributed by atoms with Crippen molar-refractivity contribution in [2.24, 2.45) is 11.3 Å². The highest BCUT2D eigenvalue weighted by Crippen LogP contribution is 2.74. The number of esters is 1. The first-order chi connectivity index (χ1) is 13.4. The Balaban J connectivity index is 1.65. The van der Waals surface area contributed by atoms with Crippen LogP contribution in [-0.2, 0) is 21.4 Å². The number of aromatic hydroxyl groups is 1. The van der Waals surface area contributed by atoms with Crippen LogP contribution < -0.4 is 4.74 Å². The predicted octanol–water partition coefficient (Wildman–Crippen LogP) is 1.52. The van der Waals surface area contributed by atoms with Crippen LogP contribution in [0.3, 0.4) is 0 Å². The van der Waals surface area contributed by atoms with Crippen molar-refractivity contribution in [2.75, 3.05) is 20.2 Å². The van der Waals surface area contributed by atoms with E-state index in [0.717, 1.165) is 24.9 Å². The summed E-state index contributed by atoms with van der Waals surface area (Å²) in [5.74, 6) is -0.409. The number of hydrogen-bond acceptors (Lipinski definition) is 6. The molecule has 7 rings (SSSR count). The molecule has 0 unspecified atom stereocenters. The largest absolute Gasteiger partial charge is 0.504 e. The number of ether oxygens (including phenoxy) is 2. The minimum atomic E-state index is -1.44. The molecule has 1 aromatic rings. The number of aliphatic hydroxyl groups is 1. The molecule has 0 aromatic heterocycles. The van der Waals surface area contributed by atoms with Crippen LogP contribution in [-0.4, -0.2) is 59.0 Å². The quantitative estimate of drug-likeness (QED) is 0.596. The van der Waals surface area contributed by atoms with Gasteiger partial charge in [0.1, 0.15) is 11.7 Å². The Morgan fingerprint density at radius 1 is 1.39 bits per heavy atom. The summed E-state index contributed by atoms with van der Waals surface area (Å²) in [6.45, 7) is 2.97. The van der Waals surface area contributed by atoms with Crippen molar-refractivity contribution in [3.63, 3.8) is 0 Å². The molecule has 148 valence electrons. The second-order valence-electron chi connectivity index (χ2n) is 9.14. The van der Waals surface area contributed by atoms with Crippen LogP contribution >= 0.6 is 0 Å². The van der Waals surface area contributed by atoms with Crippen LogP contribution in [0.2, 0.25) is 0 Å². The Kier molecular flexibility index (Phi) is 2.96. The Bertz CT molecular complexity index is 943. The molecule has 28 heavy (non-hydrogen) atoms. The molecule has 6 nitrogen and oxygen atoms in total. The predicted molar refractivity (Wildman–Crippen MR) is 100 cm³/mol. The molecule has 4 aliphatic carbocycles. The highest BCUT2D eigenvalue weighted by molar-refractivity contribution is 5.78. The van der Waals surface area contributed by atoms with Gasteiger partial charge >= 0.3 is 5.97 Å². The van der Waals surface area contributed by atoms with E-state index in [1.807, 2.05) is 6.07 Å². The molecule has 0 amide bonds. The van der Waals surface area contributed by atoms with E-state index in [2.05, 4.69) is 18.0 Å². The summed E-state index contributed by atoms with van der Waals surface area (Å²) in [5, 5.41) is 22.4. The fourth-order valence-corrected chi connectivity index (χ4v) is 7.27. The third kappa shape index (κ3) is 1.52. The lowest BCUT2D eigenvalue weighted by atomic mass is 9.37. The minimum absolute atomic E-state index is 0.116. The minimum Gasteiger partial charge on any atom is -0.504 e. The molecular weight excluding hydrogens is 358 g/mol. The summed E-state index contributed by atoms with van der Waals surface area (Å²) in [6, 6.07) is 3.91. The van der Waals surface area contributed by atoms with Gasteiger partial charge in [0.15, 0.2) is 11.5 Å². The van der Waals surface area contributed by atoms with Gasteiger partial charge in [-0.2, -0.15) is 0 Å². The lowest BCUT2D eigenvalue weighted by Crippen LogP contribution is -2.79. The molecule has 2 aliphatic heterocycles. The van der Waals surface area contributed by atoms with Gasteiger partial charge in [-0.05, 0) is 51.4 Å². The Labute approximate surface area is 163 Å². The molecule has 6 aliphatic rings. The average molecular weight is 383 g/mol. The molecule has 1 saturated carbocycles. The summed E-state index contributed by atoms with van der Waals surface area (Å²) in [5.41, 5.74) is 0.0764. The first-order valence-corrected chi connectivity index (χ1v) is 10.2. The van der Waals surface area contributed by atoms with Gasteiger partial charge in [0, 0.05) is 17.0 Å². The van der Waals surface area contributed by atoms with E-state index in [4.69, 9.17) is 9.47 Å². The molecule has 0 radical (unpaired) electrons. The van der Waals surface area contributed by atoms with E-state index in [9.17, 15) is 15.0 Å². The van der Waals surface area contributed by atoms with Crippen molar-refractivity contribution in [1.82, 2.24) is 4.90 Å². The molecule has 6 heteroatoms. The first kappa shape index (κ1) is 16.9. The number of rotatable bonds is 2. The number of fused-ring (bicyclic) bond motifs is 1. The van der Waals surface area contributed by atoms with Crippen molar-refractivity contribution >= 4 is 5.97 Å². The maximum Gasteiger partial charge on any atom is 0.312 e. The maximum atomic E-state index is 12.9. The molecule has 2 N–H and O–H groups in total. The Morgan fingerprint density at radius 2 is 2.21 bits per heavy atom. The number of phenols is 1. The third-order valence-electron chi connectivity index (χ3n) is 8.32. The molecule has 1 saturated heterocycles. The zero-order valence-electron chi connectivity index (χ0n) is 16.1. The second-order valence-corrected chi connectivity index (χ2v) is 9.14. The second kappa shape index (κ2) is 4.92. The number of piperidine rings is 1. The van der Waals surface area contributed by atoms with E-state index in [0.29, 0.717) is 12.2 Å². The van der Waals surface area contributed by atoms with Crippen molar-refractivity contribution in [2.45, 2.75) is 49.3 Å². The number of hydrogen-bond donors (Lipinski definition) is 2. The highest BCUT2D eigenvalue weighted by atomic mass is 16.5. The van der Waals surface area contributed by atoms with E-state index < -0.39 is 23.0 Å².